The Kier molecular flexibility index (Phi) is 14.1. The van der Waals surface area contributed by atoms with E-state index in [2.05, 4.69) is 16.0 Å². The van der Waals surface area contributed by atoms with Crippen molar-refractivity contribution in [3.63, 3.8) is 0 Å². The van der Waals surface area contributed by atoms with E-state index in [9.17, 15) is 33.9 Å². The summed E-state index contributed by atoms with van der Waals surface area (Å²) < 4.78 is 0. The van der Waals surface area contributed by atoms with Gasteiger partial charge in [0.15, 0.2) is 0 Å². The van der Waals surface area contributed by atoms with Gasteiger partial charge in [0.2, 0.25) is 23.6 Å². The summed E-state index contributed by atoms with van der Waals surface area (Å²) in [6.45, 7) is 3.71. The van der Waals surface area contributed by atoms with E-state index in [1.54, 1.807) is 13.8 Å². The van der Waals surface area contributed by atoms with Gasteiger partial charge >= 0.3 is 11.9 Å². The van der Waals surface area contributed by atoms with Gasteiger partial charge in [-0.2, -0.15) is 0 Å². The highest BCUT2D eigenvalue weighted by Gasteiger charge is 2.33. The first kappa shape index (κ1) is 30.7. The van der Waals surface area contributed by atoms with Crippen LogP contribution in [0.15, 0.2) is 0 Å². The zero-order valence-corrected chi connectivity index (χ0v) is 19.4. The first-order valence-electron chi connectivity index (χ1n) is 10.9. The third kappa shape index (κ3) is 11.6. The van der Waals surface area contributed by atoms with Gasteiger partial charge in [-0.25, -0.2) is 4.79 Å². The average Bonchev–Trinajstić information content (AvgIpc) is 2.74. The van der Waals surface area contributed by atoms with E-state index < -0.39 is 78.5 Å². The van der Waals surface area contributed by atoms with Crippen LogP contribution in [-0.2, 0) is 28.8 Å². The van der Waals surface area contributed by atoms with Gasteiger partial charge in [0, 0.05) is 0 Å². The molecular weight excluding hydrogens is 452 g/mol. The molecule has 0 aliphatic carbocycles. The Hall–Kier alpha value is -3.26. The molecule has 0 aromatic carbocycles. The summed E-state index contributed by atoms with van der Waals surface area (Å²) in [6, 6.07) is -5.42. The maximum absolute atomic E-state index is 12.9. The predicted octanol–water partition coefficient (Wildman–Crippen LogP) is -2.62. The number of nitrogens with two attached hydrogens (primary N) is 3. The monoisotopic (exact) mass is 488 g/mol. The first-order valence-corrected chi connectivity index (χ1v) is 10.9. The quantitative estimate of drug-likeness (QED) is 0.0988. The second-order valence-electron chi connectivity index (χ2n) is 7.99. The Labute approximate surface area is 197 Å². The molecule has 14 nitrogen and oxygen atoms in total. The van der Waals surface area contributed by atoms with Crippen molar-refractivity contribution in [1.82, 2.24) is 16.0 Å². The molecule has 0 saturated heterocycles. The van der Waals surface area contributed by atoms with Crippen molar-refractivity contribution in [2.45, 2.75) is 76.5 Å². The molecule has 34 heavy (non-hydrogen) atoms. The first-order chi connectivity index (χ1) is 15.8. The molecule has 0 aliphatic heterocycles. The molecule has 0 spiro atoms. The largest absolute Gasteiger partial charge is 0.481 e. The van der Waals surface area contributed by atoms with E-state index in [-0.39, 0.29) is 6.42 Å². The lowest BCUT2D eigenvalue weighted by Crippen LogP contribution is -2.59. The van der Waals surface area contributed by atoms with Crippen molar-refractivity contribution in [2.24, 2.45) is 23.1 Å². The third-order valence-corrected chi connectivity index (χ3v) is 5.12. The number of carboxylic acids is 2. The van der Waals surface area contributed by atoms with Crippen LogP contribution in [0, 0.1) is 5.92 Å². The molecule has 194 valence electrons. The molecule has 0 saturated carbocycles. The lowest BCUT2D eigenvalue weighted by atomic mass is 9.97. The smallest absolute Gasteiger partial charge is 0.326 e. The van der Waals surface area contributed by atoms with Crippen LogP contribution in [0.3, 0.4) is 0 Å². The Balaban J connectivity index is 5.53. The number of unbranched alkanes of at least 4 members (excludes halogenated alkanes) is 1. The molecule has 14 heteroatoms. The molecule has 5 atom stereocenters. The summed E-state index contributed by atoms with van der Waals surface area (Å²) in [4.78, 5) is 71.5. The predicted molar refractivity (Wildman–Crippen MR) is 120 cm³/mol. The molecule has 0 rings (SSSR count). The van der Waals surface area contributed by atoms with Crippen LogP contribution in [0.1, 0.15) is 52.4 Å². The van der Waals surface area contributed by atoms with Crippen molar-refractivity contribution >= 4 is 35.6 Å². The minimum atomic E-state index is -1.61. The summed E-state index contributed by atoms with van der Waals surface area (Å²) in [5, 5.41) is 25.4. The fourth-order valence-electron chi connectivity index (χ4n) is 2.94. The van der Waals surface area contributed by atoms with E-state index in [1.165, 1.54) is 0 Å². The van der Waals surface area contributed by atoms with E-state index in [0.717, 1.165) is 0 Å². The lowest BCUT2D eigenvalue weighted by Gasteiger charge is -2.27. The second kappa shape index (κ2) is 15.6. The van der Waals surface area contributed by atoms with Crippen LogP contribution in [0.25, 0.3) is 0 Å². The highest BCUT2D eigenvalue weighted by Crippen LogP contribution is 2.10. The van der Waals surface area contributed by atoms with E-state index in [1.807, 2.05) is 0 Å². The second-order valence-corrected chi connectivity index (χ2v) is 7.99. The van der Waals surface area contributed by atoms with Crippen LogP contribution >= 0.6 is 0 Å². The fourth-order valence-corrected chi connectivity index (χ4v) is 2.94. The van der Waals surface area contributed by atoms with Crippen LogP contribution in [0.2, 0.25) is 0 Å². The normalized spacial score (nSPS) is 15.2. The molecule has 0 aromatic heterocycles. The molecule has 0 radical (unpaired) electrons. The number of carbonyl (C=O) groups excluding carboxylic acids is 4. The summed E-state index contributed by atoms with van der Waals surface area (Å²) in [7, 11) is 0. The average molecular weight is 489 g/mol. The molecule has 0 aliphatic rings. The van der Waals surface area contributed by atoms with Crippen LogP contribution in [0.4, 0.5) is 0 Å². The molecule has 0 heterocycles. The highest BCUT2D eigenvalue weighted by atomic mass is 16.4. The number of carboxylic acid groups (broad SMARTS) is 2. The molecular formula is C20H36N6O8. The molecule has 0 aromatic rings. The van der Waals surface area contributed by atoms with Crippen molar-refractivity contribution in [3.8, 4) is 0 Å². The zero-order chi connectivity index (χ0) is 26.4. The van der Waals surface area contributed by atoms with Crippen molar-refractivity contribution in [1.29, 1.82) is 0 Å². The standard InChI is InChI=1S/C20H36N6O8/c1-3-10(2)16(26-17(30)11(22)8-14(23)27)19(32)25-13(9-15(28)29)18(31)24-12(20(33)34)6-4-5-7-21/h10-13,16H,3-9,21-22H2,1-2H3,(H2,23,27)(H,24,31)(H,25,32)(H,26,30)(H,28,29)(H,33,34). The summed E-state index contributed by atoms with van der Waals surface area (Å²) in [5.74, 6) is -6.71. The Bertz CT molecular complexity index is 747. The van der Waals surface area contributed by atoms with E-state index in [0.29, 0.717) is 25.8 Å². The third-order valence-electron chi connectivity index (χ3n) is 5.12. The maximum atomic E-state index is 12.9. The number of hydrogen-bond acceptors (Lipinski definition) is 8. The van der Waals surface area contributed by atoms with Crippen LogP contribution < -0.4 is 33.2 Å². The minimum absolute atomic E-state index is 0.0648. The molecule has 0 fully saturated rings. The number of aliphatic carboxylic acids is 2. The van der Waals surface area contributed by atoms with Gasteiger partial charge in [-0.1, -0.05) is 20.3 Å². The van der Waals surface area contributed by atoms with Crippen molar-refractivity contribution in [3.05, 3.63) is 0 Å². The number of rotatable bonds is 17. The number of nitrogens with one attached hydrogen (secondary N) is 3. The SMILES string of the molecule is CCC(C)C(NC(=O)C(N)CC(N)=O)C(=O)NC(CC(=O)O)C(=O)NC(CCCCN)C(=O)O. The Morgan fingerprint density at radius 1 is 0.853 bits per heavy atom. The molecule has 5 unspecified atom stereocenters. The Morgan fingerprint density at radius 2 is 1.44 bits per heavy atom. The van der Waals surface area contributed by atoms with Gasteiger partial charge in [0.25, 0.3) is 0 Å². The number of primary amides is 1. The Morgan fingerprint density at radius 3 is 1.91 bits per heavy atom. The number of carbonyl (C=O) groups is 6. The summed E-state index contributed by atoms with van der Waals surface area (Å²) >= 11 is 0. The molecule has 0 bridgehead atoms. The molecule has 4 amide bonds. The van der Waals surface area contributed by atoms with E-state index in [4.69, 9.17) is 22.3 Å². The van der Waals surface area contributed by atoms with Gasteiger partial charge in [-0.05, 0) is 31.7 Å². The lowest BCUT2D eigenvalue weighted by molar-refractivity contribution is -0.144. The van der Waals surface area contributed by atoms with Crippen LogP contribution in [-0.4, -0.2) is 76.5 Å². The van der Waals surface area contributed by atoms with Gasteiger partial charge in [-0.3, -0.25) is 24.0 Å². The summed E-state index contributed by atoms with van der Waals surface area (Å²) in [5.41, 5.74) is 16.0. The van der Waals surface area contributed by atoms with Gasteiger partial charge in [0.1, 0.15) is 18.1 Å². The zero-order valence-electron chi connectivity index (χ0n) is 19.4. The van der Waals surface area contributed by atoms with Crippen LogP contribution in [0.5, 0.6) is 0 Å². The van der Waals surface area contributed by atoms with Crippen molar-refractivity contribution in [2.75, 3.05) is 6.54 Å². The highest BCUT2D eigenvalue weighted by molar-refractivity contribution is 5.96. The molecule has 11 N–H and O–H groups in total. The topological polar surface area (TPSA) is 257 Å². The minimum Gasteiger partial charge on any atom is -0.481 e. The van der Waals surface area contributed by atoms with E-state index >= 15 is 0 Å². The van der Waals surface area contributed by atoms with Gasteiger partial charge < -0.3 is 43.4 Å². The fraction of sp³-hybridized carbons (Fsp3) is 0.700. The number of amides is 4. The van der Waals surface area contributed by atoms with Gasteiger partial charge in [-0.15, -0.1) is 0 Å². The van der Waals surface area contributed by atoms with Gasteiger partial charge in [0.05, 0.1) is 18.9 Å². The van der Waals surface area contributed by atoms with Crippen molar-refractivity contribution < 1.29 is 39.0 Å². The summed E-state index contributed by atoms with van der Waals surface area (Å²) in [6.07, 6.45) is 0.151. The number of hydrogen-bond donors (Lipinski definition) is 8. The maximum Gasteiger partial charge on any atom is 0.326 e.